The third kappa shape index (κ3) is 5.44. The Morgan fingerprint density at radius 3 is 2.65 bits per heavy atom. The summed E-state index contributed by atoms with van der Waals surface area (Å²) in [5.41, 5.74) is 6.69. The summed E-state index contributed by atoms with van der Waals surface area (Å²) in [5, 5.41) is 3.16. The molecule has 0 saturated carbocycles. The molecule has 2 rings (SSSR count). The molecule has 1 heterocycles. The van der Waals surface area contributed by atoms with Crippen LogP contribution in [0.3, 0.4) is 0 Å². The average Bonchev–Trinajstić information content (AvgIpc) is 2.60. The molecule has 0 radical (unpaired) electrons. The molecular formula is C18H25ClN4O3. The monoisotopic (exact) mass is 380 g/mol. The van der Waals surface area contributed by atoms with E-state index in [-0.39, 0.29) is 36.7 Å². The largest absolute Gasteiger partial charge is 0.346 e. The van der Waals surface area contributed by atoms with E-state index in [1.807, 2.05) is 32.0 Å². The van der Waals surface area contributed by atoms with Crippen LogP contribution in [-0.4, -0.2) is 59.7 Å². The molecule has 3 amide bonds. The fourth-order valence-corrected chi connectivity index (χ4v) is 2.85. The molecule has 1 fully saturated rings. The van der Waals surface area contributed by atoms with Gasteiger partial charge in [0.05, 0.1) is 19.1 Å². The lowest BCUT2D eigenvalue weighted by Gasteiger charge is -2.34. The second-order valence-corrected chi connectivity index (χ2v) is 7.18. The van der Waals surface area contributed by atoms with Crippen LogP contribution < -0.4 is 11.1 Å². The molecule has 0 spiro atoms. The van der Waals surface area contributed by atoms with Gasteiger partial charge >= 0.3 is 0 Å². The number of benzene rings is 1. The quantitative estimate of drug-likeness (QED) is 0.755. The van der Waals surface area contributed by atoms with E-state index in [0.29, 0.717) is 24.7 Å². The van der Waals surface area contributed by atoms with Crippen molar-refractivity contribution in [1.82, 2.24) is 15.1 Å². The molecule has 8 heteroatoms. The topological polar surface area (TPSA) is 95.7 Å². The zero-order valence-electron chi connectivity index (χ0n) is 15.1. The van der Waals surface area contributed by atoms with Crippen LogP contribution in [0.2, 0.25) is 5.02 Å². The predicted molar refractivity (Wildman–Crippen MR) is 99.3 cm³/mol. The van der Waals surface area contributed by atoms with Gasteiger partial charge in [-0.1, -0.05) is 37.6 Å². The Kier molecular flexibility index (Phi) is 6.99. The van der Waals surface area contributed by atoms with Gasteiger partial charge in [-0.15, -0.1) is 0 Å². The fourth-order valence-electron chi connectivity index (χ4n) is 2.64. The normalized spacial score (nSPS) is 16.0. The lowest BCUT2D eigenvalue weighted by Crippen LogP contribution is -2.54. The van der Waals surface area contributed by atoms with Gasteiger partial charge in [0.15, 0.2) is 0 Å². The number of hydrogen-bond acceptors (Lipinski definition) is 4. The number of carbonyl (C=O) groups is 3. The maximum Gasteiger partial charge on any atom is 0.242 e. The first-order chi connectivity index (χ1) is 12.3. The van der Waals surface area contributed by atoms with E-state index < -0.39 is 6.04 Å². The van der Waals surface area contributed by atoms with Gasteiger partial charge in [0, 0.05) is 24.7 Å². The summed E-state index contributed by atoms with van der Waals surface area (Å²) in [4.78, 5) is 39.5. The number of nitrogens with zero attached hydrogens (tertiary/aromatic N) is 2. The van der Waals surface area contributed by atoms with Crippen molar-refractivity contribution in [3.63, 3.8) is 0 Å². The Hall–Kier alpha value is -2.12. The Morgan fingerprint density at radius 2 is 2.04 bits per heavy atom. The first-order valence-electron chi connectivity index (χ1n) is 8.61. The lowest BCUT2D eigenvalue weighted by atomic mass is 10.1. The van der Waals surface area contributed by atoms with Crippen molar-refractivity contribution in [2.75, 3.05) is 26.2 Å². The lowest BCUT2D eigenvalue weighted by molar-refractivity contribution is -0.145. The third-order valence-corrected chi connectivity index (χ3v) is 4.60. The Labute approximate surface area is 158 Å². The van der Waals surface area contributed by atoms with Crippen LogP contribution in [0, 0.1) is 5.92 Å². The summed E-state index contributed by atoms with van der Waals surface area (Å²) in [6.45, 7) is 4.86. The molecule has 7 nitrogen and oxygen atoms in total. The number of nitrogens with one attached hydrogen (secondary N) is 1. The molecule has 1 aliphatic rings. The predicted octanol–water partition coefficient (Wildman–Crippen LogP) is 0.610. The molecule has 1 saturated heterocycles. The summed E-state index contributed by atoms with van der Waals surface area (Å²) >= 11 is 5.97. The minimum absolute atomic E-state index is 0.00546. The van der Waals surface area contributed by atoms with Crippen LogP contribution >= 0.6 is 11.6 Å². The van der Waals surface area contributed by atoms with Crippen LogP contribution in [0.5, 0.6) is 0 Å². The molecule has 0 bridgehead atoms. The number of rotatable bonds is 6. The molecular weight excluding hydrogens is 356 g/mol. The van der Waals surface area contributed by atoms with E-state index in [0.717, 1.165) is 5.56 Å². The molecule has 142 valence electrons. The zero-order valence-corrected chi connectivity index (χ0v) is 15.8. The van der Waals surface area contributed by atoms with E-state index in [4.69, 9.17) is 17.3 Å². The molecule has 3 N–H and O–H groups in total. The SMILES string of the molecule is CC(C)[C@H](N)C(=O)NCC(=O)N1CCN(Cc2cccc(Cl)c2)C(=O)C1. The second-order valence-electron chi connectivity index (χ2n) is 6.75. The van der Waals surface area contributed by atoms with Crippen LogP contribution in [0.4, 0.5) is 0 Å². The Morgan fingerprint density at radius 1 is 1.31 bits per heavy atom. The van der Waals surface area contributed by atoms with Crippen molar-refractivity contribution in [2.45, 2.75) is 26.4 Å². The van der Waals surface area contributed by atoms with Gasteiger partial charge in [-0.3, -0.25) is 14.4 Å². The van der Waals surface area contributed by atoms with Crippen molar-refractivity contribution >= 4 is 29.3 Å². The highest BCUT2D eigenvalue weighted by molar-refractivity contribution is 6.30. The second kappa shape index (κ2) is 9.00. The Balaban J connectivity index is 1.83. The molecule has 1 atom stereocenters. The smallest absolute Gasteiger partial charge is 0.242 e. The summed E-state index contributed by atoms with van der Waals surface area (Å²) < 4.78 is 0. The molecule has 1 aliphatic heterocycles. The van der Waals surface area contributed by atoms with Gasteiger partial charge in [0.1, 0.15) is 0 Å². The zero-order chi connectivity index (χ0) is 19.3. The van der Waals surface area contributed by atoms with E-state index >= 15 is 0 Å². The summed E-state index contributed by atoms with van der Waals surface area (Å²) in [6.07, 6.45) is 0. The van der Waals surface area contributed by atoms with Crippen LogP contribution in [-0.2, 0) is 20.9 Å². The third-order valence-electron chi connectivity index (χ3n) is 4.37. The number of halogens is 1. The fraction of sp³-hybridized carbons (Fsp3) is 0.500. The minimum atomic E-state index is -0.654. The van der Waals surface area contributed by atoms with E-state index in [1.54, 1.807) is 11.0 Å². The summed E-state index contributed by atoms with van der Waals surface area (Å²) in [6, 6.07) is 6.69. The standard InChI is InChI=1S/C18H25ClN4O3/c1-12(2)17(20)18(26)21-9-15(24)23-7-6-22(16(25)11-23)10-13-4-3-5-14(19)8-13/h3-5,8,12,17H,6-7,9-11,20H2,1-2H3,(H,21,26)/t17-/m0/s1. The number of piperazine rings is 1. The number of carbonyl (C=O) groups excluding carboxylic acids is 3. The number of hydrogen-bond donors (Lipinski definition) is 2. The Bertz CT molecular complexity index is 680. The first kappa shape index (κ1) is 20.2. The number of amides is 3. The highest BCUT2D eigenvalue weighted by atomic mass is 35.5. The van der Waals surface area contributed by atoms with Crippen molar-refractivity contribution in [3.8, 4) is 0 Å². The molecule has 0 unspecified atom stereocenters. The molecule has 0 aliphatic carbocycles. The van der Waals surface area contributed by atoms with Crippen LogP contribution in [0.1, 0.15) is 19.4 Å². The van der Waals surface area contributed by atoms with Crippen molar-refractivity contribution in [2.24, 2.45) is 11.7 Å². The van der Waals surface area contributed by atoms with Crippen molar-refractivity contribution < 1.29 is 14.4 Å². The van der Waals surface area contributed by atoms with Gasteiger partial charge in [-0.05, 0) is 23.6 Å². The van der Waals surface area contributed by atoms with Crippen molar-refractivity contribution in [3.05, 3.63) is 34.9 Å². The molecule has 0 aromatic heterocycles. The van der Waals surface area contributed by atoms with Gasteiger partial charge in [-0.2, -0.15) is 0 Å². The highest BCUT2D eigenvalue weighted by Crippen LogP contribution is 2.14. The average molecular weight is 381 g/mol. The van der Waals surface area contributed by atoms with Crippen LogP contribution in [0.25, 0.3) is 0 Å². The molecule has 1 aromatic rings. The maximum atomic E-state index is 12.3. The van der Waals surface area contributed by atoms with Gasteiger partial charge in [0.2, 0.25) is 17.7 Å². The maximum absolute atomic E-state index is 12.3. The van der Waals surface area contributed by atoms with E-state index in [1.165, 1.54) is 4.90 Å². The number of nitrogens with two attached hydrogens (primary N) is 1. The first-order valence-corrected chi connectivity index (χ1v) is 8.99. The molecule has 26 heavy (non-hydrogen) atoms. The van der Waals surface area contributed by atoms with E-state index in [9.17, 15) is 14.4 Å². The molecule has 1 aromatic carbocycles. The van der Waals surface area contributed by atoms with E-state index in [2.05, 4.69) is 5.32 Å². The summed E-state index contributed by atoms with van der Waals surface area (Å²) in [7, 11) is 0. The minimum Gasteiger partial charge on any atom is -0.346 e. The van der Waals surface area contributed by atoms with Gasteiger partial charge in [-0.25, -0.2) is 0 Å². The van der Waals surface area contributed by atoms with Crippen LogP contribution in [0.15, 0.2) is 24.3 Å². The highest BCUT2D eigenvalue weighted by Gasteiger charge is 2.27. The van der Waals surface area contributed by atoms with Gasteiger partial charge < -0.3 is 20.9 Å². The van der Waals surface area contributed by atoms with Crippen molar-refractivity contribution in [1.29, 1.82) is 0 Å². The van der Waals surface area contributed by atoms with Gasteiger partial charge in [0.25, 0.3) is 0 Å². The summed E-state index contributed by atoms with van der Waals surface area (Å²) in [5.74, 6) is -0.791.